The summed E-state index contributed by atoms with van der Waals surface area (Å²) < 4.78 is 5.42. The SMILES string of the molecule is Cc1cc(C#N)nc(Oc2ccc(C#N)cc2)n1. The van der Waals surface area contributed by atoms with Crippen molar-refractivity contribution in [2.24, 2.45) is 0 Å². The summed E-state index contributed by atoms with van der Waals surface area (Å²) in [6, 6.07) is 12.2. The molecule has 86 valence electrons. The van der Waals surface area contributed by atoms with Crippen LogP contribution < -0.4 is 4.74 Å². The van der Waals surface area contributed by atoms with Crippen LogP contribution in [0.3, 0.4) is 0 Å². The van der Waals surface area contributed by atoms with Gasteiger partial charge in [-0.25, -0.2) is 4.98 Å². The molecule has 1 heterocycles. The molecule has 1 aromatic carbocycles. The van der Waals surface area contributed by atoms with Gasteiger partial charge in [-0.05, 0) is 37.3 Å². The summed E-state index contributed by atoms with van der Waals surface area (Å²) in [5.41, 5.74) is 1.46. The predicted molar refractivity (Wildman–Crippen MR) is 62.7 cm³/mol. The summed E-state index contributed by atoms with van der Waals surface area (Å²) in [5, 5.41) is 17.5. The molecule has 0 bridgehead atoms. The van der Waals surface area contributed by atoms with Crippen molar-refractivity contribution in [3.05, 3.63) is 47.3 Å². The van der Waals surface area contributed by atoms with Crippen LogP contribution in [0.1, 0.15) is 17.0 Å². The van der Waals surface area contributed by atoms with E-state index in [0.29, 0.717) is 17.0 Å². The van der Waals surface area contributed by atoms with Crippen molar-refractivity contribution < 1.29 is 4.74 Å². The molecule has 0 atom stereocenters. The molecule has 18 heavy (non-hydrogen) atoms. The number of hydrogen-bond donors (Lipinski definition) is 0. The Bertz CT molecular complexity index is 650. The first-order valence-corrected chi connectivity index (χ1v) is 5.15. The standard InChI is InChI=1S/C13H8N4O/c1-9-6-11(8-15)17-13(16-9)18-12-4-2-10(7-14)3-5-12/h2-6H,1H3. The lowest BCUT2D eigenvalue weighted by molar-refractivity contribution is 0.439. The lowest BCUT2D eigenvalue weighted by Crippen LogP contribution is -1.96. The van der Waals surface area contributed by atoms with Crippen molar-refractivity contribution in [1.82, 2.24) is 9.97 Å². The van der Waals surface area contributed by atoms with E-state index in [4.69, 9.17) is 15.3 Å². The van der Waals surface area contributed by atoms with Crippen LogP contribution in [0.15, 0.2) is 30.3 Å². The maximum atomic E-state index is 8.79. The highest BCUT2D eigenvalue weighted by molar-refractivity contribution is 5.36. The van der Waals surface area contributed by atoms with Crippen molar-refractivity contribution in [2.45, 2.75) is 6.92 Å². The molecule has 5 heteroatoms. The zero-order chi connectivity index (χ0) is 13.0. The number of rotatable bonds is 2. The first-order chi connectivity index (χ1) is 8.71. The Morgan fingerprint density at radius 2 is 1.78 bits per heavy atom. The van der Waals surface area contributed by atoms with Crippen LogP contribution in [0.5, 0.6) is 11.8 Å². The Balaban J connectivity index is 2.26. The maximum absolute atomic E-state index is 8.79. The van der Waals surface area contributed by atoms with Gasteiger partial charge >= 0.3 is 6.01 Å². The Labute approximate surface area is 104 Å². The van der Waals surface area contributed by atoms with Crippen LogP contribution in [0.25, 0.3) is 0 Å². The van der Waals surface area contributed by atoms with Crippen LogP contribution in [0, 0.1) is 29.6 Å². The number of ether oxygens (including phenoxy) is 1. The van der Waals surface area contributed by atoms with Crippen LogP contribution in [-0.2, 0) is 0 Å². The topological polar surface area (TPSA) is 82.6 Å². The van der Waals surface area contributed by atoms with E-state index in [1.165, 1.54) is 0 Å². The minimum atomic E-state index is 0.122. The average Bonchev–Trinajstić information content (AvgIpc) is 2.39. The Morgan fingerprint density at radius 1 is 1.06 bits per heavy atom. The molecule has 0 aliphatic carbocycles. The Morgan fingerprint density at radius 3 is 2.39 bits per heavy atom. The summed E-state index contributed by atoms with van der Waals surface area (Å²) in [7, 11) is 0. The van der Waals surface area contributed by atoms with Crippen LogP contribution in [0.4, 0.5) is 0 Å². The minimum absolute atomic E-state index is 0.122. The highest BCUT2D eigenvalue weighted by Gasteiger charge is 2.04. The number of benzene rings is 1. The van der Waals surface area contributed by atoms with E-state index in [-0.39, 0.29) is 11.7 Å². The molecule has 0 fully saturated rings. The second-order valence-corrected chi connectivity index (χ2v) is 3.53. The number of nitriles is 2. The van der Waals surface area contributed by atoms with E-state index in [0.717, 1.165) is 0 Å². The van der Waals surface area contributed by atoms with Crippen LogP contribution in [0.2, 0.25) is 0 Å². The van der Waals surface area contributed by atoms with Crippen LogP contribution >= 0.6 is 0 Å². The highest BCUT2D eigenvalue weighted by Crippen LogP contribution is 2.18. The molecule has 0 saturated heterocycles. The lowest BCUT2D eigenvalue weighted by atomic mass is 10.2. The van der Waals surface area contributed by atoms with Crippen LogP contribution in [-0.4, -0.2) is 9.97 Å². The second-order valence-electron chi connectivity index (χ2n) is 3.53. The van der Waals surface area contributed by atoms with Gasteiger partial charge in [0, 0.05) is 5.69 Å². The normalized spacial score (nSPS) is 9.28. The molecule has 0 saturated carbocycles. The number of aromatic nitrogens is 2. The average molecular weight is 236 g/mol. The van der Waals surface area contributed by atoms with Crippen molar-refractivity contribution in [3.63, 3.8) is 0 Å². The largest absolute Gasteiger partial charge is 0.424 e. The zero-order valence-electron chi connectivity index (χ0n) is 9.58. The molecule has 0 N–H and O–H groups in total. The van der Waals surface area contributed by atoms with E-state index in [1.54, 1.807) is 37.3 Å². The van der Waals surface area contributed by atoms with Gasteiger partial charge in [0.15, 0.2) is 0 Å². The Kier molecular flexibility index (Phi) is 3.17. The minimum Gasteiger partial charge on any atom is -0.424 e. The number of hydrogen-bond acceptors (Lipinski definition) is 5. The van der Waals surface area contributed by atoms with Gasteiger partial charge < -0.3 is 4.74 Å². The fraction of sp³-hybridized carbons (Fsp3) is 0.0769. The third-order valence-electron chi connectivity index (χ3n) is 2.14. The smallest absolute Gasteiger partial charge is 0.323 e. The van der Waals surface area contributed by atoms with Gasteiger partial charge in [-0.3, -0.25) is 0 Å². The summed E-state index contributed by atoms with van der Waals surface area (Å²) in [6.45, 7) is 1.76. The molecule has 0 amide bonds. The highest BCUT2D eigenvalue weighted by atomic mass is 16.5. The summed E-state index contributed by atoms with van der Waals surface area (Å²) in [4.78, 5) is 8.00. The van der Waals surface area contributed by atoms with Crippen molar-refractivity contribution in [2.75, 3.05) is 0 Å². The summed E-state index contributed by atoms with van der Waals surface area (Å²) in [6.07, 6.45) is 0. The van der Waals surface area contributed by atoms with Gasteiger partial charge in [-0.2, -0.15) is 15.5 Å². The van der Waals surface area contributed by atoms with Crippen molar-refractivity contribution >= 4 is 0 Å². The fourth-order valence-corrected chi connectivity index (χ4v) is 1.35. The van der Waals surface area contributed by atoms with E-state index in [1.807, 2.05) is 12.1 Å². The summed E-state index contributed by atoms with van der Waals surface area (Å²) >= 11 is 0. The second kappa shape index (κ2) is 4.94. The van der Waals surface area contributed by atoms with Gasteiger partial charge in [0.25, 0.3) is 0 Å². The zero-order valence-corrected chi connectivity index (χ0v) is 9.58. The molecular weight excluding hydrogens is 228 g/mol. The molecular formula is C13H8N4O. The molecule has 0 aliphatic rings. The van der Waals surface area contributed by atoms with Gasteiger partial charge in [0.05, 0.1) is 11.6 Å². The third kappa shape index (κ3) is 2.60. The maximum Gasteiger partial charge on any atom is 0.323 e. The lowest BCUT2D eigenvalue weighted by Gasteiger charge is -2.04. The molecule has 5 nitrogen and oxygen atoms in total. The van der Waals surface area contributed by atoms with E-state index in [9.17, 15) is 0 Å². The first-order valence-electron chi connectivity index (χ1n) is 5.15. The number of aryl methyl sites for hydroxylation is 1. The van der Waals surface area contributed by atoms with E-state index < -0.39 is 0 Å². The van der Waals surface area contributed by atoms with Crippen molar-refractivity contribution in [1.29, 1.82) is 10.5 Å². The monoisotopic (exact) mass is 236 g/mol. The van der Waals surface area contributed by atoms with E-state index >= 15 is 0 Å². The quantitative estimate of drug-likeness (QED) is 0.799. The number of nitrogens with zero attached hydrogens (tertiary/aromatic N) is 4. The molecule has 0 aliphatic heterocycles. The Hall–Kier alpha value is -2.92. The molecule has 0 radical (unpaired) electrons. The van der Waals surface area contributed by atoms with Gasteiger partial charge in [-0.1, -0.05) is 0 Å². The van der Waals surface area contributed by atoms with Gasteiger partial charge in [0.1, 0.15) is 17.5 Å². The van der Waals surface area contributed by atoms with E-state index in [2.05, 4.69) is 9.97 Å². The molecule has 0 unspecified atom stereocenters. The van der Waals surface area contributed by atoms with Crippen molar-refractivity contribution in [3.8, 4) is 23.9 Å². The van der Waals surface area contributed by atoms with Gasteiger partial charge in [0.2, 0.25) is 0 Å². The predicted octanol–water partition coefficient (Wildman–Crippen LogP) is 2.32. The third-order valence-corrected chi connectivity index (χ3v) is 2.14. The molecule has 0 spiro atoms. The first kappa shape index (κ1) is 11.6. The molecule has 2 aromatic rings. The summed E-state index contributed by atoms with van der Waals surface area (Å²) in [5.74, 6) is 0.517. The fourth-order valence-electron chi connectivity index (χ4n) is 1.35. The molecule has 1 aromatic heterocycles. The van der Waals surface area contributed by atoms with Gasteiger partial charge in [-0.15, -0.1) is 0 Å². The molecule has 2 rings (SSSR count).